The van der Waals surface area contributed by atoms with E-state index in [0.717, 1.165) is 37.2 Å². The Morgan fingerprint density at radius 1 is 1.39 bits per heavy atom. The fourth-order valence-electron chi connectivity index (χ4n) is 2.60. The number of likely N-dealkylation sites (N-methyl/N-ethyl adjacent to an activating group) is 1. The summed E-state index contributed by atoms with van der Waals surface area (Å²) in [6.07, 6.45) is 1.66. The standard InChI is InChI=1S/C17H28N4O2/c1-17(2,3)16(23)18-11-14-12(7-9-20(4)5)10-13-6-8-19-21(13)15(14)22/h10,19H,6-9,11H2,1-5H3,(H,18,23). The molecular formula is C17H28N4O2. The van der Waals surface area contributed by atoms with E-state index in [1.807, 2.05) is 34.9 Å². The van der Waals surface area contributed by atoms with E-state index in [1.165, 1.54) is 0 Å². The Hall–Kier alpha value is -1.82. The molecule has 0 radical (unpaired) electrons. The number of carbonyl (C=O) groups is 1. The molecular weight excluding hydrogens is 292 g/mol. The molecule has 2 N–H and O–H groups in total. The zero-order valence-corrected chi connectivity index (χ0v) is 14.8. The molecule has 0 aromatic carbocycles. The van der Waals surface area contributed by atoms with Gasteiger partial charge in [0.05, 0.1) is 0 Å². The Bertz CT molecular complexity index is 641. The van der Waals surface area contributed by atoms with Crippen LogP contribution in [0.5, 0.6) is 0 Å². The third-order valence-corrected chi connectivity index (χ3v) is 4.06. The Balaban J connectivity index is 2.28. The summed E-state index contributed by atoms with van der Waals surface area (Å²) in [5, 5.41) is 2.91. The third kappa shape index (κ3) is 4.13. The molecule has 2 heterocycles. The van der Waals surface area contributed by atoms with Crippen molar-refractivity contribution in [2.75, 3.05) is 32.6 Å². The molecule has 23 heavy (non-hydrogen) atoms. The van der Waals surface area contributed by atoms with Crippen molar-refractivity contribution in [2.24, 2.45) is 5.41 Å². The Morgan fingerprint density at radius 3 is 2.70 bits per heavy atom. The molecule has 6 heteroatoms. The van der Waals surface area contributed by atoms with E-state index in [4.69, 9.17) is 0 Å². The van der Waals surface area contributed by atoms with Crippen molar-refractivity contribution in [1.82, 2.24) is 14.9 Å². The summed E-state index contributed by atoms with van der Waals surface area (Å²) in [7, 11) is 4.03. The third-order valence-electron chi connectivity index (χ3n) is 4.06. The molecule has 0 fully saturated rings. The highest BCUT2D eigenvalue weighted by atomic mass is 16.2. The van der Waals surface area contributed by atoms with Gasteiger partial charge in [-0.3, -0.25) is 9.59 Å². The van der Waals surface area contributed by atoms with Gasteiger partial charge in [-0.2, -0.15) is 0 Å². The van der Waals surface area contributed by atoms with E-state index in [2.05, 4.69) is 21.7 Å². The van der Waals surface area contributed by atoms with Crippen molar-refractivity contribution in [3.05, 3.63) is 33.2 Å². The van der Waals surface area contributed by atoms with Crippen LogP contribution in [0.25, 0.3) is 0 Å². The summed E-state index contributed by atoms with van der Waals surface area (Å²) in [4.78, 5) is 26.9. The van der Waals surface area contributed by atoms with E-state index < -0.39 is 5.41 Å². The quantitative estimate of drug-likeness (QED) is 0.839. The van der Waals surface area contributed by atoms with Crippen LogP contribution < -0.4 is 16.3 Å². The molecule has 0 saturated heterocycles. The van der Waals surface area contributed by atoms with Gasteiger partial charge in [0.2, 0.25) is 5.91 Å². The summed E-state index contributed by atoms with van der Waals surface area (Å²) < 4.78 is 1.62. The molecule has 0 saturated carbocycles. The maximum atomic E-state index is 12.7. The SMILES string of the molecule is CN(C)CCc1cc2n(c(=O)c1CNC(=O)C(C)(C)C)NCC2. The summed E-state index contributed by atoms with van der Waals surface area (Å²) >= 11 is 0. The fourth-order valence-corrected chi connectivity index (χ4v) is 2.60. The lowest BCUT2D eigenvalue weighted by atomic mass is 9.95. The van der Waals surface area contributed by atoms with Crippen molar-refractivity contribution < 1.29 is 4.79 Å². The molecule has 1 aliphatic heterocycles. The zero-order chi connectivity index (χ0) is 17.2. The van der Waals surface area contributed by atoms with E-state index >= 15 is 0 Å². The number of aromatic nitrogens is 1. The second-order valence-corrected chi connectivity index (χ2v) is 7.42. The molecule has 0 spiro atoms. The average Bonchev–Trinajstić information content (AvgIpc) is 2.91. The lowest BCUT2D eigenvalue weighted by molar-refractivity contribution is -0.128. The van der Waals surface area contributed by atoms with Crippen molar-refractivity contribution in [3.63, 3.8) is 0 Å². The van der Waals surface area contributed by atoms with Gasteiger partial charge in [-0.1, -0.05) is 20.8 Å². The topological polar surface area (TPSA) is 66.4 Å². The van der Waals surface area contributed by atoms with Crippen LogP contribution in [0.1, 0.15) is 37.6 Å². The Morgan fingerprint density at radius 2 is 2.09 bits per heavy atom. The van der Waals surface area contributed by atoms with Gasteiger partial charge in [-0.15, -0.1) is 0 Å². The molecule has 0 atom stereocenters. The highest BCUT2D eigenvalue weighted by molar-refractivity contribution is 5.81. The maximum absolute atomic E-state index is 12.7. The van der Waals surface area contributed by atoms with Crippen molar-refractivity contribution in [2.45, 2.75) is 40.2 Å². The van der Waals surface area contributed by atoms with E-state index in [9.17, 15) is 9.59 Å². The average molecular weight is 320 g/mol. The predicted molar refractivity (Wildman–Crippen MR) is 92.2 cm³/mol. The van der Waals surface area contributed by atoms with Crippen LogP contribution in [-0.4, -0.2) is 42.7 Å². The monoisotopic (exact) mass is 320 g/mol. The lowest BCUT2D eigenvalue weighted by Crippen LogP contribution is -2.38. The largest absolute Gasteiger partial charge is 0.351 e. The number of hydrogen-bond acceptors (Lipinski definition) is 4. The normalized spacial score (nSPS) is 13.8. The highest BCUT2D eigenvalue weighted by Gasteiger charge is 2.23. The maximum Gasteiger partial charge on any atom is 0.274 e. The summed E-state index contributed by atoms with van der Waals surface area (Å²) in [6.45, 7) is 7.53. The molecule has 1 aliphatic rings. The van der Waals surface area contributed by atoms with Crippen LogP contribution in [0.15, 0.2) is 10.9 Å². The molecule has 6 nitrogen and oxygen atoms in total. The predicted octanol–water partition coefficient (Wildman–Crippen LogP) is 0.714. The van der Waals surface area contributed by atoms with Crippen molar-refractivity contribution >= 4 is 5.91 Å². The summed E-state index contributed by atoms with van der Waals surface area (Å²) in [5.74, 6) is -0.0473. The first-order valence-electron chi connectivity index (χ1n) is 8.13. The number of amides is 1. The minimum Gasteiger partial charge on any atom is -0.351 e. The fraction of sp³-hybridized carbons (Fsp3) is 0.647. The number of hydrogen-bond donors (Lipinski definition) is 2. The first-order valence-corrected chi connectivity index (χ1v) is 8.13. The first kappa shape index (κ1) is 17.5. The number of fused-ring (bicyclic) bond motifs is 1. The van der Waals surface area contributed by atoms with Gasteiger partial charge >= 0.3 is 0 Å². The van der Waals surface area contributed by atoms with Crippen LogP contribution >= 0.6 is 0 Å². The smallest absolute Gasteiger partial charge is 0.274 e. The number of carbonyl (C=O) groups excluding carboxylic acids is 1. The molecule has 128 valence electrons. The molecule has 0 aliphatic carbocycles. The van der Waals surface area contributed by atoms with E-state index in [1.54, 1.807) is 4.68 Å². The lowest BCUT2D eigenvalue weighted by Gasteiger charge is -2.19. The molecule has 1 amide bonds. The molecule has 2 rings (SSSR count). The van der Waals surface area contributed by atoms with Gasteiger partial charge in [0.25, 0.3) is 5.56 Å². The number of rotatable bonds is 5. The Labute approximate surface area is 137 Å². The molecule has 1 aromatic rings. The van der Waals surface area contributed by atoms with Gasteiger partial charge in [0, 0.05) is 42.7 Å². The number of nitrogens with zero attached hydrogens (tertiary/aromatic N) is 2. The second kappa shape index (κ2) is 6.74. The van der Waals surface area contributed by atoms with Gasteiger partial charge in [-0.05, 0) is 32.1 Å². The number of nitrogens with one attached hydrogen (secondary N) is 2. The summed E-state index contributed by atoms with van der Waals surface area (Å²) in [6, 6.07) is 2.10. The van der Waals surface area contributed by atoms with Gasteiger partial charge in [-0.25, -0.2) is 4.68 Å². The van der Waals surface area contributed by atoms with Gasteiger partial charge in [0.1, 0.15) is 0 Å². The Kier molecular flexibility index (Phi) is 5.14. The van der Waals surface area contributed by atoms with Crippen molar-refractivity contribution in [1.29, 1.82) is 0 Å². The molecule has 0 unspecified atom stereocenters. The van der Waals surface area contributed by atoms with E-state index in [0.29, 0.717) is 5.56 Å². The van der Waals surface area contributed by atoms with Crippen LogP contribution in [-0.2, 0) is 24.2 Å². The van der Waals surface area contributed by atoms with Crippen LogP contribution in [0.2, 0.25) is 0 Å². The van der Waals surface area contributed by atoms with E-state index in [-0.39, 0.29) is 18.0 Å². The van der Waals surface area contributed by atoms with Gasteiger partial charge < -0.3 is 15.6 Å². The number of pyridine rings is 1. The molecule has 1 aromatic heterocycles. The first-order chi connectivity index (χ1) is 10.7. The highest BCUT2D eigenvalue weighted by Crippen LogP contribution is 2.15. The summed E-state index contributed by atoms with van der Waals surface area (Å²) in [5.41, 5.74) is 5.34. The van der Waals surface area contributed by atoms with Crippen LogP contribution in [0, 0.1) is 5.41 Å². The van der Waals surface area contributed by atoms with Crippen LogP contribution in [0.3, 0.4) is 0 Å². The van der Waals surface area contributed by atoms with Crippen molar-refractivity contribution in [3.8, 4) is 0 Å². The zero-order valence-electron chi connectivity index (χ0n) is 14.8. The van der Waals surface area contributed by atoms with Crippen LogP contribution in [0.4, 0.5) is 0 Å². The molecule has 0 bridgehead atoms. The minimum absolute atomic E-state index is 0.0389. The second-order valence-electron chi connectivity index (χ2n) is 7.42. The minimum atomic E-state index is -0.463. The van der Waals surface area contributed by atoms with Gasteiger partial charge in [0.15, 0.2) is 0 Å².